The van der Waals surface area contributed by atoms with Gasteiger partial charge in [-0.1, -0.05) is 12.1 Å². The molecule has 0 radical (unpaired) electrons. The van der Waals surface area contributed by atoms with E-state index in [0.717, 1.165) is 12.1 Å². The van der Waals surface area contributed by atoms with E-state index >= 15 is 0 Å². The predicted octanol–water partition coefficient (Wildman–Crippen LogP) is 5.46. The number of rotatable bonds is 6. The molecule has 0 spiro atoms. The van der Waals surface area contributed by atoms with Crippen molar-refractivity contribution < 1.29 is 45.0 Å². The van der Waals surface area contributed by atoms with Crippen molar-refractivity contribution in [2.24, 2.45) is 0 Å². The first-order valence-electron chi connectivity index (χ1n) is 9.94. The van der Waals surface area contributed by atoms with Crippen LogP contribution in [0.3, 0.4) is 0 Å². The van der Waals surface area contributed by atoms with Crippen LogP contribution in [-0.2, 0) is 27.4 Å². The fourth-order valence-corrected chi connectivity index (χ4v) is 3.86. The molecule has 1 saturated heterocycles. The van der Waals surface area contributed by atoms with Gasteiger partial charge in [0, 0.05) is 14.2 Å². The van der Waals surface area contributed by atoms with E-state index in [1.807, 2.05) is 0 Å². The highest BCUT2D eigenvalue weighted by atomic mass is 19.4. The third kappa shape index (κ3) is 4.97. The second-order valence-electron chi connectivity index (χ2n) is 7.90. The van der Waals surface area contributed by atoms with E-state index in [-0.39, 0.29) is 11.6 Å². The molecule has 0 aliphatic carbocycles. The lowest BCUT2D eigenvalue weighted by atomic mass is 9.89. The Morgan fingerprint density at radius 2 is 1.56 bits per heavy atom. The van der Waals surface area contributed by atoms with Crippen LogP contribution in [-0.4, -0.2) is 37.9 Å². The Balaban J connectivity index is 1.98. The zero-order chi connectivity index (χ0) is 25.5. The average Bonchev–Trinajstić information content (AvgIpc) is 3.01. The van der Waals surface area contributed by atoms with Crippen molar-refractivity contribution in [1.29, 1.82) is 0 Å². The van der Waals surface area contributed by atoms with Crippen molar-refractivity contribution in [1.82, 2.24) is 10.2 Å². The molecule has 1 N–H and O–H groups in total. The maximum Gasteiger partial charge on any atom is 0.416 e. The minimum Gasteiger partial charge on any atom is -0.371 e. The van der Waals surface area contributed by atoms with Gasteiger partial charge in [0.25, 0.3) is 0 Å². The number of alkyl halides is 6. The van der Waals surface area contributed by atoms with Crippen molar-refractivity contribution in [3.05, 3.63) is 70.5 Å². The Morgan fingerprint density at radius 3 is 2.03 bits per heavy atom. The number of halogens is 7. The van der Waals surface area contributed by atoms with Gasteiger partial charge in [-0.05, 0) is 48.4 Å². The number of nitrogens with one attached hydrogen (secondary N) is 1. The SMILES string of the molecule is CO[C@@H]1N(C)C(=O)N[C@]1(CO[C@H](C)c1cc(C(F)(F)F)cc(C(F)(F)F)c1)c1ccc(F)cc1. The second kappa shape index (κ2) is 9.06. The van der Waals surface area contributed by atoms with Crippen molar-refractivity contribution in [2.45, 2.75) is 37.1 Å². The molecule has 2 aromatic rings. The van der Waals surface area contributed by atoms with Crippen LogP contribution in [0.4, 0.5) is 35.5 Å². The number of nitrogens with zero attached hydrogens (tertiary/aromatic N) is 1. The number of hydrogen-bond donors (Lipinski definition) is 1. The summed E-state index contributed by atoms with van der Waals surface area (Å²) in [6, 6.07) is 5.66. The zero-order valence-corrected chi connectivity index (χ0v) is 18.2. The van der Waals surface area contributed by atoms with Crippen molar-refractivity contribution in [3.8, 4) is 0 Å². The van der Waals surface area contributed by atoms with Gasteiger partial charge in [-0.25, -0.2) is 9.18 Å². The molecular weight excluding hydrogens is 473 g/mol. The van der Waals surface area contributed by atoms with Crippen LogP contribution in [0.5, 0.6) is 0 Å². The molecule has 1 aliphatic rings. The molecule has 0 bridgehead atoms. The molecule has 2 aromatic carbocycles. The third-order valence-electron chi connectivity index (χ3n) is 5.65. The summed E-state index contributed by atoms with van der Waals surface area (Å²) in [5, 5.41) is 2.69. The van der Waals surface area contributed by atoms with Crippen LogP contribution in [0.25, 0.3) is 0 Å². The number of carbonyl (C=O) groups is 1. The van der Waals surface area contributed by atoms with Crippen molar-refractivity contribution in [2.75, 3.05) is 20.8 Å². The molecule has 34 heavy (non-hydrogen) atoms. The first kappa shape index (κ1) is 25.8. The van der Waals surface area contributed by atoms with Crippen LogP contribution in [0, 0.1) is 5.82 Å². The highest BCUT2D eigenvalue weighted by Gasteiger charge is 2.52. The predicted molar refractivity (Wildman–Crippen MR) is 106 cm³/mol. The molecule has 3 rings (SSSR count). The summed E-state index contributed by atoms with van der Waals surface area (Å²) in [5.74, 6) is -0.552. The Hall–Kier alpha value is -2.86. The Morgan fingerprint density at radius 1 is 1.03 bits per heavy atom. The van der Waals surface area contributed by atoms with Gasteiger partial charge in [0.1, 0.15) is 11.4 Å². The van der Waals surface area contributed by atoms with E-state index in [2.05, 4.69) is 5.32 Å². The monoisotopic (exact) mass is 494 g/mol. The van der Waals surface area contributed by atoms with Gasteiger partial charge in [0.2, 0.25) is 0 Å². The molecule has 1 fully saturated rings. The second-order valence-corrected chi connectivity index (χ2v) is 7.90. The molecule has 3 atom stereocenters. The van der Waals surface area contributed by atoms with E-state index < -0.39 is 59.8 Å². The summed E-state index contributed by atoms with van der Waals surface area (Å²) in [5.41, 5.74) is -4.35. The quantitative estimate of drug-likeness (QED) is 0.543. The fraction of sp³-hybridized carbons (Fsp3) is 0.409. The van der Waals surface area contributed by atoms with Crippen LogP contribution in [0.2, 0.25) is 0 Å². The van der Waals surface area contributed by atoms with Gasteiger partial charge >= 0.3 is 18.4 Å². The van der Waals surface area contributed by atoms with E-state index in [1.54, 1.807) is 0 Å². The molecular formula is C22H21F7N2O3. The lowest BCUT2D eigenvalue weighted by molar-refractivity contribution is -0.143. The van der Waals surface area contributed by atoms with Gasteiger partial charge in [-0.2, -0.15) is 26.3 Å². The minimum absolute atomic E-state index is 0.0311. The molecule has 12 heteroatoms. The van der Waals surface area contributed by atoms with Gasteiger partial charge in [0.05, 0.1) is 23.8 Å². The van der Waals surface area contributed by atoms with Gasteiger partial charge in [0.15, 0.2) is 6.23 Å². The molecule has 1 heterocycles. The average molecular weight is 494 g/mol. The lowest BCUT2D eigenvalue weighted by Crippen LogP contribution is -2.51. The molecule has 186 valence electrons. The Labute approximate surface area is 190 Å². The lowest BCUT2D eigenvalue weighted by Gasteiger charge is -2.36. The summed E-state index contributed by atoms with van der Waals surface area (Å²) in [4.78, 5) is 13.6. The highest BCUT2D eigenvalue weighted by molar-refractivity contribution is 5.78. The highest BCUT2D eigenvalue weighted by Crippen LogP contribution is 2.39. The van der Waals surface area contributed by atoms with Gasteiger partial charge in [-0.3, -0.25) is 4.90 Å². The largest absolute Gasteiger partial charge is 0.416 e. The topological polar surface area (TPSA) is 50.8 Å². The number of benzene rings is 2. The molecule has 0 aromatic heterocycles. The number of likely N-dealkylation sites (N-methyl/N-ethyl adjacent to an activating group) is 1. The van der Waals surface area contributed by atoms with E-state index in [4.69, 9.17) is 9.47 Å². The van der Waals surface area contributed by atoms with Crippen LogP contribution >= 0.6 is 0 Å². The summed E-state index contributed by atoms with van der Waals surface area (Å²) in [6.45, 7) is 0.891. The first-order valence-corrected chi connectivity index (χ1v) is 9.94. The van der Waals surface area contributed by atoms with E-state index in [9.17, 15) is 35.5 Å². The molecule has 1 aliphatic heterocycles. The van der Waals surface area contributed by atoms with Gasteiger partial charge in [-0.15, -0.1) is 0 Å². The number of urea groups is 1. The smallest absolute Gasteiger partial charge is 0.371 e. The molecule has 5 nitrogen and oxygen atoms in total. The van der Waals surface area contributed by atoms with Crippen molar-refractivity contribution in [3.63, 3.8) is 0 Å². The van der Waals surface area contributed by atoms with Crippen LogP contribution < -0.4 is 5.32 Å². The number of amides is 2. The van der Waals surface area contributed by atoms with Crippen LogP contribution in [0.1, 0.15) is 35.3 Å². The number of ether oxygens (including phenoxy) is 2. The summed E-state index contributed by atoms with van der Waals surface area (Å²) >= 11 is 0. The van der Waals surface area contributed by atoms with Crippen LogP contribution in [0.15, 0.2) is 42.5 Å². The maximum absolute atomic E-state index is 13.5. The Bertz CT molecular complexity index is 1010. The minimum atomic E-state index is -5.01. The van der Waals surface area contributed by atoms with E-state index in [1.165, 1.54) is 38.1 Å². The summed E-state index contributed by atoms with van der Waals surface area (Å²) in [7, 11) is 2.74. The normalized spacial score (nSPS) is 22.1. The maximum atomic E-state index is 13.5. The standard InChI is InChI=1S/C22H21F7N2O3/c1-12(13-8-15(21(24,25)26)10-16(9-13)22(27,28)29)34-11-20(14-4-6-17(23)7-5-14)18(33-3)31(2)19(32)30-20/h4-10,12,18H,11H2,1-3H3,(H,30,32)/t12-,18+,20-/m1/s1. The fourth-order valence-electron chi connectivity index (χ4n) is 3.86. The van der Waals surface area contributed by atoms with Gasteiger partial charge < -0.3 is 14.8 Å². The van der Waals surface area contributed by atoms with E-state index in [0.29, 0.717) is 17.7 Å². The summed E-state index contributed by atoms with van der Waals surface area (Å²) in [6.07, 6.45) is -12.2. The van der Waals surface area contributed by atoms with Crippen molar-refractivity contribution >= 4 is 6.03 Å². The first-order chi connectivity index (χ1) is 15.7. The number of methoxy groups -OCH3 is 1. The molecule has 0 unspecified atom stereocenters. The number of hydrogen-bond acceptors (Lipinski definition) is 3. The summed E-state index contributed by atoms with van der Waals surface area (Å²) < 4.78 is 104. The number of carbonyl (C=O) groups excluding carboxylic acids is 1. The molecule has 0 saturated carbocycles. The Kier molecular flexibility index (Phi) is 6.87. The zero-order valence-electron chi connectivity index (χ0n) is 18.2. The third-order valence-corrected chi connectivity index (χ3v) is 5.65. The molecule has 2 amide bonds.